The van der Waals surface area contributed by atoms with Crippen molar-refractivity contribution in [2.24, 2.45) is 0 Å². The van der Waals surface area contributed by atoms with Crippen LogP contribution in [0.1, 0.15) is 24.1 Å². The highest BCUT2D eigenvalue weighted by molar-refractivity contribution is 7.89. The normalized spacial score (nSPS) is 20.0. The van der Waals surface area contributed by atoms with Crippen LogP contribution in [-0.2, 0) is 10.0 Å². The molecule has 1 aliphatic heterocycles. The summed E-state index contributed by atoms with van der Waals surface area (Å²) in [6.45, 7) is 2.48. The zero-order valence-corrected chi connectivity index (χ0v) is 12.9. The second kappa shape index (κ2) is 5.40. The van der Waals surface area contributed by atoms with Gasteiger partial charge in [-0.2, -0.15) is 9.29 Å². The van der Waals surface area contributed by atoms with Crippen molar-refractivity contribution in [3.63, 3.8) is 0 Å². The minimum atomic E-state index is -3.59. The maximum absolute atomic E-state index is 12.6. The molecule has 0 saturated carbocycles. The molecule has 1 aliphatic rings. The number of benzene rings is 1. The molecule has 0 aliphatic carbocycles. The second-order valence-corrected chi connectivity index (χ2v) is 7.27. The average molecular weight is 328 g/mol. The van der Waals surface area contributed by atoms with E-state index in [1.807, 2.05) is 0 Å². The van der Waals surface area contributed by atoms with Crippen molar-refractivity contribution < 1.29 is 12.9 Å². The molecule has 112 valence electrons. The number of hydrogen-bond donors (Lipinski definition) is 0. The fraction of sp³-hybridized carbons (Fsp3) is 0.385. The highest BCUT2D eigenvalue weighted by Crippen LogP contribution is 2.32. The third-order valence-corrected chi connectivity index (χ3v) is 5.86. The maximum atomic E-state index is 12.6. The maximum Gasteiger partial charge on any atom is 0.244 e. The molecule has 0 radical (unpaired) electrons. The molecule has 1 saturated heterocycles. The van der Waals surface area contributed by atoms with Crippen molar-refractivity contribution in [3.05, 3.63) is 41.0 Å². The predicted octanol–water partition coefficient (Wildman–Crippen LogP) is 2.21. The predicted molar refractivity (Wildman–Crippen MR) is 76.6 cm³/mol. The van der Waals surface area contributed by atoms with E-state index in [-0.39, 0.29) is 15.8 Å². The quantitative estimate of drug-likeness (QED) is 0.863. The van der Waals surface area contributed by atoms with Crippen LogP contribution in [0.5, 0.6) is 0 Å². The summed E-state index contributed by atoms with van der Waals surface area (Å²) in [5.74, 6) is 0.977. The first-order valence-electron chi connectivity index (χ1n) is 6.53. The summed E-state index contributed by atoms with van der Waals surface area (Å²) in [6, 6.07) is 6.45. The largest absolute Gasteiger partial charge is 0.339 e. The number of nitrogens with zero attached hydrogens (tertiary/aromatic N) is 3. The molecular formula is C13H14ClN3O3S. The van der Waals surface area contributed by atoms with Crippen molar-refractivity contribution in [1.82, 2.24) is 14.4 Å². The molecule has 0 N–H and O–H groups in total. The number of sulfonamides is 1. The Hall–Kier alpha value is -1.44. The van der Waals surface area contributed by atoms with Crippen LogP contribution in [-0.4, -0.2) is 36.0 Å². The molecule has 6 nitrogen and oxygen atoms in total. The van der Waals surface area contributed by atoms with Gasteiger partial charge in [0.2, 0.25) is 15.9 Å². The molecule has 0 unspecified atom stereocenters. The van der Waals surface area contributed by atoms with E-state index < -0.39 is 10.0 Å². The standard InChI is InChI=1S/C13H14ClN3O3S/c1-9-15-13(20-16-9)10-6-7-17(8-10)21(18,19)12-5-3-2-4-11(12)14/h2-5,10H,6-8H2,1H3/t10-/m1/s1. The second-order valence-electron chi connectivity index (χ2n) is 4.96. The summed E-state index contributed by atoms with van der Waals surface area (Å²) in [4.78, 5) is 4.31. The third kappa shape index (κ3) is 2.68. The Morgan fingerprint density at radius 2 is 2.14 bits per heavy atom. The molecule has 1 aromatic carbocycles. The van der Waals surface area contributed by atoms with Crippen LogP contribution >= 0.6 is 11.6 Å². The highest BCUT2D eigenvalue weighted by atomic mass is 35.5. The van der Waals surface area contributed by atoms with Crippen LogP contribution in [0.3, 0.4) is 0 Å². The van der Waals surface area contributed by atoms with E-state index in [1.165, 1.54) is 10.4 Å². The van der Waals surface area contributed by atoms with E-state index in [2.05, 4.69) is 10.1 Å². The Labute approximate surface area is 127 Å². The molecule has 1 aromatic heterocycles. The van der Waals surface area contributed by atoms with Gasteiger partial charge in [-0.25, -0.2) is 8.42 Å². The van der Waals surface area contributed by atoms with Crippen LogP contribution in [0.15, 0.2) is 33.7 Å². The SMILES string of the molecule is Cc1noc([C@@H]2CCN(S(=O)(=O)c3ccccc3Cl)C2)n1. The first-order valence-corrected chi connectivity index (χ1v) is 8.35. The highest BCUT2D eigenvalue weighted by Gasteiger charge is 2.36. The van der Waals surface area contributed by atoms with E-state index in [1.54, 1.807) is 25.1 Å². The van der Waals surface area contributed by atoms with Gasteiger partial charge in [0.25, 0.3) is 0 Å². The van der Waals surface area contributed by atoms with E-state index in [0.717, 1.165) is 0 Å². The summed E-state index contributed by atoms with van der Waals surface area (Å²) < 4.78 is 31.8. The van der Waals surface area contributed by atoms with Gasteiger partial charge in [0.05, 0.1) is 10.9 Å². The molecule has 0 amide bonds. The van der Waals surface area contributed by atoms with Crippen molar-refractivity contribution >= 4 is 21.6 Å². The first-order chi connectivity index (χ1) is 9.98. The van der Waals surface area contributed by atoms with Gasteiger partial charge in [-0.05, 0) is 25.5 Å². The van der Waals surface area contributed by atoms with Gasteiger partial charge < -0.3 is 4.52 Å². The van der Waals surface area contributed by atoms with Crippen molar-refractivity contribution in [3.8, 4) is 0 Å². The molecule has 2 aromatic rings. The summed E-state index contributed by atoms with van der Waals surface area (Å²) >= 11 is 6.00. The Morgan fingerprint density at radius 1 is 1.38 bits per heavy atom. The molecule has 3 rings (SSSR count). The Balaban J connectivity index is 1.84. The van der Waals surface area contributed by atoms with E-state index in [0.29, 0.717) is 31.2 Å². The van der Waals surface area contributed by atoms with Crippen LogP contribution in [0, 0.1) is 6.92 Å². The fourth-order valence-corrected chi connectivity index (χ4v) is 4.41. The van der Waals surface area contributed by atoms with Crippen molar-refractivity contribution in [2.75, 3.05) is 13.1 Å². The number of aromatic nitrogens is 2. The van der Waals surface area contributed by atoms with Gasteiger partial charge in [-0.3, -0.25) is 0 Å². The van der Waals surface area contributed by atoms with Crippen LogP contribution in [0.25, 0.3) is 0 Å². The van der Waals surface area contributed by atoms with E-state index >= 15 is 0 Å². The Bertz CT molecular complexity index is 760. The third-order valence-electron chi connectivity index (χ3n) is 3.50. The molecule has 8 heteroatoms. The number of rotatable bonds is 3. The topological polar surface area (TPSA) is 76.3 Å². The monoisotopic (exact) mass is 327 g/mol. The minimum Gasteiger partial charge on any atom is -0.339 e. The molecule has 21 heavy (non-hydrogen) atoms. The first kappa shape index (κ1) is 14.5. The van der Waals surface area contributed by atoms with Crippen molar-refractivity contribution in [2.45, 2.75) is 24.2 Å². The van der Waals surface area contributed by atoms with Gasteiger partial charge in [0.1, 0.15) is 4.90 Å². The molecule has 0 spiro atoms. The van der Waals surface area contributed by atoms with E-state index in [4.69, 9.17) is 16.1 Å². The van der Waals surface area contributed by atoms with Crippen molar-refractivity contribution in [1.29, 1.82) is 0 Å². The van der Waals surface area contributed by atoms with E-state index in [9.17, 15) is 8.42 Å². The van der Waals surface area contributed by atoms with Gasteiger partial charge in [-0.1, -0.05) is 28.9 Å². The smallest absolute Gasteiger partial charge is 0.244 e. The Kier molecular flexibility index (Phi) is 3.73. The van der Waals surface area contributed by atoms with Gasteiger partial charge in [0, 0.05) is 13.1 Å². The number of aryl methyl sites for hydroxylation is 1. The zero-order valence-electron chi connectivity index (χ0n) is 11.4. The minimum absolute atomic E-state index is 0.0662. The summed E-state index contributed by atoms with van der Waals surface area (Å²) in [6.07, 6.45) is 0.658. The van der Waals surface area contributed by atoms with Crippen LogP contribution in [0.2, 0.25) is 5.02 Å². The summed E-state index contributed by atoms with van der Waals surface area (Å²) in [7, 11) is -3.59. The van der Waals surface area contributed by atoms with Gasteiger partial charge in [-0.15, -0.1) is 0 Å². The fourth-order valence-electron chi connectivity index (χ4n) is 2.42. The summed E-state index contributed by atoms with van der Waals surface area (Å²) in [5, 5.41) is 3.98. The lowest BCUT2D eigenvalue weighted by Gasteiger charge is -2.16. The van der Waals surface area contributed by atoms with Crippen LogP contribution < -0.4 is 0 Å². The van der Waals surface area contributed by atoms with Gasteiger partial charge >= 0.3 is 0 Å². The molecule has 1 atom stereocenters. The lowest BCUT2D eigenvalue weighted by molar-refractivity contribution is 0.351. The molecule has 1 fully saturated rings. The average Bonchev–Trinajstić information content (AvgIpc) is 3.07. The zero-order chi connectivity index (χ0) is 15.0. The lowest BCUT2D eigenvalue weighted by Crippen LogP contribution is -2.28. The van der Waals surface area contributed by atoms with Crippen LogP contribution in [0.4, 0.5) is 0 Å². The molecule has 0 bridgehead atoms. The van der Waals surface area contributed by atoms with Gasteiger partial charge in [0.15, 0.2) is 5.82 Å². The molecule has 2 heterocycles. The summed E-state index contributed by atoms with van der Waals surface area (Å²) in [5.41, 5.74) is 0. The Morgan fingerprint density at radius 3 is 2.81 bits per heavy atom. The number of hydrogen-bond acceptors (Lipinski definition) is 5. The molecular weight excluding hydrogens is 314 g/mol. The lowest BCUT2D eigenvalue weighted by atomic mass is 10.1. The number of halogens is 1.